The number of ether oxygens (including phenoxy) is 1. The van der Waals surface area contributed by atoms with Gasteiger partial charge in [-0.1, -0.05) is 0 Å². The zero-order valence-electron chi connectivity index (χ0n) is 12.8. The summed E-state index contributed by atoms with van der Waals surface area (Å²) in [5, 5.41) is 10.3. The van der Waals surface area contributed by atoms with Crippen molar-refractivity contribution in [1.29, 1.82) is 0 Å². The van der Waals surface area contributed by atoms with Crippen LogP contribution in [0, 0.1) is 5.92 Å². The maximum Gasteiger partial charge on any atom is 0.175 e. The van der Waals surface area contributed by atoms with Crippen LogP contribution in [0.25, 0.3) is 0 Å². The molecule has 0 amide bonds. The first kappa shape index (κ1) is 15.8. The van der Waals surface area contributed by atoms with Gasteiger partial charge in [-0.2, -0.15) is 0 Å². The van der Waals surface area contributed by atoms with E-state index < -0.39 is 9.84 Å². The molecule has 3 rings (SSSR count). The summed E-state index contributed by atoms with van der Waals surface area (Å²) in [6, 6.07) is 7.32. The molecule has 2 fully saturated rings. The molecular weight excluding hydrogens is 302 g/mol. The highest BCUT2D eigenvalue weighted by Crippen LogP contribution is 2.33. The smallest absolute Gasteiger partial charge is 0.175 e. The minimum absolute atomic E-state index is 0.130. The van der Waals surface area contributed by atoms with Crippen molar-refractivity contribution < 1.29 is 18.3 Å². The van der Waals surface area contributed by atoms with E-state index in [4.69, 9.17) is 4.74 Å². The highest BCUT2D eigenvalue weighted by molar-refractivity contribution is 7.90. The monoisotopic (exact) mass is 325 g/mol. The molecule has 22 heavy (non-hydrogen) atoms. The third-order valence-electron chi connectivity index (χ3n) is 4.75. The van der Waals surface area contributed by atoms with Crippen LogP contribution < -0.4 is 4.90 Å². The molecule has 1 aromatic rings. The molecule has 0 radical (unpaired) electrons. The lowest BCUT2D eigenvalue weighted by Gasteiger charge is -2.38. The van der Waals surface area contributed by atoms with E-state index in [9.17, 15) is 13.5 Å². The Bertz CT molecular complexity index is 614. The molecule has 122 valence electrons. The summed E-state index contributed by atoms with van der Waals surface area (Å²) in [6.45, 7) is 2.17. The van der Waals surface area contributed by atoms with Gasteiger partial charge in [-0.05, 0) is 43.5 Å². The summed E-state index contributed by atoms with van der Waals surface area (Å²) in [4.78, 5) is 2.63. The Morgan fingerprint density at radius 1 is 1.23 bits per heavy atom. The summed E-state index contributed by atoms with van der Waals surface area (Å²) in [5.41, 5.74) is 1.02. The average molecular weight is 325 g/mol. The van der Waals surface area contributed by atoms with E-state index in [2.05, 4.69) is 4.90 Å². The number of hydrogen-bond donors (Lipinski definition) is 1. The fourth-order valence-electron chi connectivity index (χ4n) is 3.56. The molecule has 2 saturated heterocycles. The van der Waals surface area contributed by atoms with E-state index in [0.29, 0.717) is 24.5 Å². The highest BCUT2D eigenvalue weighted by atomic mass is 32.2. The van der Waals surface area contributed by atoms with Crippen LogP contribution in [0.5, 0.6) is 0 Å². The fourth-order valence-corrected chi connectivity index (χ4v) is 4.19. The maximum atomic E-state index is 11.6. The van der Waals surface area contributed by atoms with Gasteiger partial charge >= 0.3 is 0 Å². The lowest BCUT2D eigenvalue weighted by molar-refractivity contribution is -0.0437. The first-order chi connectivity index (χ1) is 10.5. The molecule has 2 aliphatic heterocycles. The van der Waals surface area contributed by atoms with E-state index >= 15 is 0 Å². The van der Waals surface area contributed by atoms with Gasteiger partial charge in [-0.15, -0.1) is 0 Å². The highest BCUT2D eigenvalue weighted by Gasteiger charge is 2.37. The number of sulfone groups is 1. The van der Waals surface area contributed by atoms with Crippen molar-refractivity contribution in [3.63, 3.8) is 0 Å². The van der Waals surface area contributed by atoms with Crippen LogP contribution >= 0.6 is 0 Å². The van der Waals surface area contributed by atoms with E-state index in [0.717, 1.165) is 25.1 Å². The van der Waals surface area contributed by atoms with Gasteiger partial charge in [0.05, 0.1) is 17.6 Å². The minimum Gasteiger partial charge on any atom is -0.393 e. The zero-order valence-corrected chi connectivity index (χ0v) is 13.6. The van der Waals surface area contributed by atoms with Gasteiger partial charge in [0.25, 0.3) is 0 Å². The molecular formula is C16H23NO4S. The molecule has 0 saturated carbocycles. The van der Waals surface area contributed by atoms with E-state index in [-0.39, 0.29) is 18.1 Å². The molecule has 1 aromatic carbocycles. The molecule has 2 heterocycles. The van der Waals surface area contributed by atoms with Gasteiger partial charge in [0.1, 0.15) is 0 Å². The van der Waals surface area contributed by atoms with Crippen molar-refractivity contribution in [2.45, 2.75) is 36.3 Å². The average Bonchev–Trinajstić information content (AvgIpc) is 2.96. The van der Waals surface area contributed by atoms with Crippen LogP contribution in [-0.4, -0.2) is 51.7 Å². The van der Waals surface area contributed by atoms with Crippen molar-refractivity contribution in [1.82, 2.24) is 0 Å². The predicted molar refractivity (Wildman–Crippen MR) is 84.9 cm³/mol. The second-order valence-electron chi connectivity index (χ2n) is 6.26. The number of aliphatic hydroxyl groups is 1. The normalized spacial score (nSPS) is 29.7. The van der Waals surface area contributed by atoms with Gasteiger partial charge in [-0.3, -0.25) is 0 Å². The number of rotatable bonds is 3. The molecule has 5 nitrogen and oxygen atoms in total. The first-order valence-electron chi connectivity index (χ1n) is 7.79. The van der Waals surface area contributed by atoms with Crippen molar-refractivity contribution in [2.24, 2.45) is 5.92 Å². The molecule has 0 spiro atoms. The zero-order chi connectivity index (χ0) is 15.7. The standard InChI is InChI=1S/C16H23NO4S/c1-22(19,20)13-6-4-12(5-7-13)17-9-2-3-15(17)14-11-21-10-8-16(14)18/h4-7,14-16,18H,2-3,8-11H2,1H3. The first-order valence-corrected chi connectivity index (χ1v) is 9.68. The van der Waals surface area contributed by atoms with Crippen molar-refractivity contribution >= 4 is 15.5 Å². The second-order valence-corrected chi connectivity index (χ2v) is 8.28. The van der Waals surface area contributed by atoms with E-state index in [1.807, 2.05) is 12.1 Å². The van der Waals surface area contributed by atoms with Crippen LogP contribution in [0.4, 0.5) is 5.69 Å². The number of anilines is 1. The Morgan fingerprint density at radius 3 is 2.59 bits per heavy atom. The lowest BCUT2D eigenvalue weighted by atomic mass is 9.89. The Hall–Kier alpha value is -1.11. The molecule has 3 atom stereocenters. The topological polar surface area (TPSA) is 66.8 Å². The van der Waals surface area contributed by atoms with Crippen LogP contribution in [0.1, 0.15) is 19.3 Å². The number of hydrogen-bond acceptors (Lipinski definition) is 5. The van der Waals surface area contributed by atoms with Crippen molar-refractivity contribution in [3.05, 3.63) is 24.3 Å². The van der Waals surface area contributed by atoms with Crippen molar-refractivity contribution in [2.75, 3.05) is 30.9 Å². The van der Waals surface area contributed by atoms with E-state index in [1.54, 1.807) is 12.1 Å². The van der Waals surface area contributed by atoms with Crippen LogP contribution in [0.15, 0.2) is 29.2 Å². The third-order valence-corrected chi connectivity index (χ3v) is 5.88. The van der Waals surface area contributed by atoms with Gasteiger partial charge in [0.2, 0.25) is 0 Å². The van der Waals surface area contributed by atoms with Crippen LogP contribution in [0.3, 0.4) is 0 Å². The molecule has 6 heteroatoms. The molecule has 3 unspecified atom stereocenters. The Kier molecular flexibility index (Phi) is 4.43. The van der Waals surface area contributed by atoms with Gasteiger partial charge in [0.15, 0.2) is 9.84 Å². The number of aliphatic hydroxyl groups excluding tert-OH is 1. The summed E-state index contributed by atoms with van der Waals surface area (Å²) < 4.78 is 28.7. The largest absolute Gasteiger partial charge is 0.393 e. The van der Waals surface area contributed by atoms with Crippen LogP contribution in [0.2, 0.25) is 0 Å². The van der Waals surface area contributed by atoms with Crippen LogP contribution in [-0.2, 0) is 14.6 Å². The second kappa shape index (κ2) is 6.18. The number of nitrogens with zero attached hydrogens (tertiary/aromatic N) is 1. The molecule has 1 N–H and O–H groups in total. The molecule has 0 bridgehead atoms. The predicted octanol–water partition coefficient (Wildman–Crippen LogP) is 1.46. The Balaban J connectivity index is 1.81. The quantitative estimate of drug-likeness (QED) is 0.911. The van der Waals surface area contributed by atoms with Gasteiger partial charge in [-0.25, -0.2) is 8.42 Å². The fraction of sp³-hybridized carbons (Fsp3) is 0.625. The van der Waals surface area contributed by atoms with Gasteiger partial charge < -0.3 is 14.7 Å². The third kappa shape index (κ3) is 3.14. The summed E-state index contributed by atoms with van der Waals surface area (Å²) in [7, 11) is -3.16. The molecule has 0 aliphatic carbocycles. The summed E-state index contributed by atoms with van der Waals surface area (Å²) in [6.07, 6.45) is 3.73. The van der Waals surface area contributed by atoms with Gasteiger partial charge in [0, 0.05) is 37.1 Å². The number of benzene rings is 1. The SMILES string of the molecule is CS(=O)(=O)c1ccc(N2CCCC2C2COCCC2O)cc1. The Morgan fingerprint density at radius 2 is 1.95 bits per heavy atom. The molecule has 2 aliphatic rings. The van der Waals surface area contributed by atoms with E-state index in [1.165, 1.54) is 6.26 Å². The Labute approximate surface area is 131 Å². The van der Waals surface area contributed by atoms with Crippen molar-refractivity contribution in [3.8, 4) is 0 Å². The lowest BCUT2D eigenvalue weighted by Crippen LogP contribution is -2.46. The molecule has 0 aromatic heterocycles. The summed E-state index contributed by atoms with van der Waals surface area (Å²) in [5.74, 6) is 0.130. The maximum absolute atomic E-state index is 11.6. The minimum atomic E-state index is -3.16. The summed E-state index contributed by atoms with van der Waals surface area (Å²) >= 11 is 0.